The molecule has 0 spiro atoms. The first-order valence-electron chi connectivity index (χ1n) is 7.56. The number of methoxy groups -OCH3 is 1. The SMILES string of the molecule is CCOc1ccc(S(=O)(=O)Nc2ccc(OC)cc2)cc1OCC. The molecule has 0 atom stereocenters. The predicted octanol–water partition coefficient (Wildman–Crippen LogP) is 3.29. The molecule has 0 bridgehead atoms. The van der Waals surface area contributed by atoms with Gasteiger partial charge < -0.3 is 14.2 Å². The van der Waals surface area contributed by atoms with E-state index in [4.69, 9.17) is 14.2 Å². The molecule has 0 aliphatic carbocycles. The molecule has 0 aliphatic rings. The zero-order chi connectivity index (χ0) is 17.6. The van der Waals surface area contributed by atoms with Crippen molar-refractivity contribution in [1.82, 2.24) is 0 Å². The zero-order valence-corrected chi connectivity index (χ0v) is 14.7. The van der Waals surface area contributed by atoms with E-state index in [1.54, 1.807) is 37.4 Å². The maximum absolute atomic E-state index is 12.5. The summed E-state index contributed by atoms with van der Waals surface area (Å²) in [4.78, 5) is 0.102. The highest BCUT2D eigenvalue weighted by Crippen LogP contribution is 2.31. The van der Waals surface area contributed by atoms with Crippen LogP contribution in [0.25, 0.3) is 0 Å². The van der Waals surface area contributed by atoms with Crippen LogP contribution in [0.1, 0.15) is 13.8 Å². The third kappa shape index (κ3) is 4.32. The molecule has 130 valence electrons. The monoisotopic (exact) mass is 351 g/mol. The van der Waals surface area contributed by atoms with Crippen LogP contribution in [-0.2, 0) is 10.0 Å². The summed E-state index contributed by atoms with van der Waals surface area (Å²) in [5, 5.41) is 0. The second-order valence-corrected chi connectivity index (χ2v) is 6.49. The Balaban J connectivity index is 2.28. The maximum atomic E-state index is 12.5. The van der Waals surface area contributed by atoms with Gasteiger partial charge in [0.15, 0.2) is 11.5 Å². The molecule has 1 N–H and O–H groups in total. The fourth-order valence-corrected chi connectivity index (χ4v) is 3.15. The summed E-state index contributed by atoms with van der Waals surface area (Å²) in [5.41, 5.74) is 0.447. The molecular formula is C17H21NO5S. The van der Waals surface area contributed by atoms with Crippen molar-refractivity contribution >= 4 is 15.7 Å². The molecule has 7 heteroatoms. The van der Waals surface area contributed by atoms with Crippen molar-refractivity contribution in [1.29, 1.82) is 0 Å². The minimum atomic E-state index is -3.73. The van der Waals surface area contributed by atoms with Gasteiger partial charge in [0.25, 0.3) is 10.0 Å². The first-order valence-corrected chi connectivity index (χ1v) is 9.05. The maximum Gasteiger partial charge on any atom is 0.262 e. The predicted molar refractivity (Wildman–Crippen MR) is 92.6 cm³/mol. The van der Waals surface area contributed by atoms with E-state index in [9.17, 15) is 8.42 Å². The van der Waals surface area contributed by atoms with Gasteiger partial charge in [-0.3, -0.25) is 4.72 Å². The number of anilines is 1. The fourth-order valence-electron chi connectivity index (χ4n) is 2.07. The highest BCUT2D eigenvalue weighted by molar-refractivity contribution is 7.92. The van der Waals surface area contributed by atoms with E-state index >= 15 is 0 Å². The third-order valence-corrected chi connectivity index (χ3v) is 4.55. The summed E-state index contributed by atoms with van der Waals surface area (Å²) >= 11 is 0. The summed E-state index contributed by atoms with van der Waals surface area (Å²) in [7, 11) is -2.18. The summed E-state index contributed by atoms with van der Waals surface area (Å²) in [6.45, 7) is 4.56. The van der Waals surface area contributed by atoms with E-state index in [0.29, 0.717) is 36.1 Å². The van der Waals surface area contributed by atoms with Gasteiger partial charge >= 0.3 is 0 Å². The second kappa shape index (κ2) is 7.92. The number of hydrogen-bond donors (Lipinski definition) is 1. The van der Waals surface area contributed by atoms with E-state index < -0.39 is 10.0 Å². The van der Waals surface area contributed by atoms with Crippen LogP contribution in [0.15, 0.2) is 47.4 Å². The van der Waals surface area contributed by atoms with Crippen molar-refractivity contribution in [3.05, 3.63) is 42.5 Å². The second-order valence-electron chi connectivity index (χ2n) is 4.81. The Hall–Kier alpha value is -2.41. The van der Waals surface area contributed by atoms with Crippen LogP contribution in [0, 0.1) is 0 Å². The number of nitrogens with one attached hydrogen (secondary N) is 1. The summed E-state index contributed by atoms with van der Waals surface area (Å²) in [6.07, 6.45) is 0. The standard InChI is InChI=1S/C17H21NO5S/c1-4-22-16-11-10-15(12-17(16)23-5-2)24(19,20)18-13-6-8-14(21-3)9-7-13/h6-12,18H,4-5H2,1-3H3. The Kier molecular flexibility index (Phi) is 5.92. The Bertz CT molecular complexity index is 772. The summed E-state index contributed by atoms with van der Waals surface area (Å²) < 4.78 is 43.6. The van der Waals surface area contributed by atoms with Crippen molar-refractivity contribution in [2.24, 2.45) is 0 Å². The lowest BCUT2D eigenvalue weighted by Gasteiger charge is -2.13. The minimum Gasteiger partial charge on any atom is -0.497 e. The van der Waals surface area contributed by atoms with Gasteiger partial charge in [0.2, 0.25) is 0 Å². The van der Waals surface area contributed by atoms with Gasteiger partial charge in [-0.25, -0.2) is 8.42 Å². The molecular weight excluding hydrogens is 330 g/mol. The lowest BCUT2D eigenvalue weighted by molar-refractivity contribution is 0.287. The van der Waals surface area contributed by atoms with Crippen LogP contribution in [0.3, 0.4) is 0 Å². The number of sulfonamides is 1. The lowest BCUT2D eigenvalue weighted by atomic mass is 10.3. The van der Waals surface area contributed by atoms with Crippen molar-refractivity contribution in [3.63, 3.8) is 0 Å². The molecule has 2 aromatic rings. The van der Waals surface area contributed by atoms with Gasteiger partial charge in [-0.15, -0.1) is 0 Å². The molecule has 0 aromatic heterocycles. The van der Waals surface area contributed by atoms with Crippen molar-refractivity contribution in [2.75, 3.05) is 25.0 Å². The van der Waals surface area contributed by atoms with Gasteiger partial charge in [0.05, 0.1) is 25.2 Å². The first-order chi connectivity index (χ1) is 11.5. The van der Waals surface area contributed by atoms with Crippen LogP contribution in [0.4, 0.5) is 5.69 Å². The zero-order valence-electron chi connectivity index (χ0n) is 13.9. The van der Waals surface area contributed by atoms with Crippen molar-refractivity contribution in [3.8, 4) is 17.2 Å². The normalized spacial score (nSPS) is 11.0. The lowest BCUT2D eigenvalue weighted by Crippen LogP contribution is -2.13. The summed E-state index contributed by atoms with van der Waals surface area (Å²) in [5.74, 6) is 1.57. The first kappa shape index (κ1) is 17.9. The Morgan fingerprint density at radius 2 is 1.54 bits per heavy atom. The molecule has 2 aromatic carbocycles. The molecule has 0 unspecified atom stereocenters. The molecule has 0 aliphatic heterocycles. The largest absolute Gasteiger partial charge is 0.497 e. The van der Waals surface area contributed by atoms with Gasteiger partial charge in [-0.2, -0.15) is 0 Å². The average Bonchev–Trinajstić information content (AvgIpc) is 2.57. The minimum absolute atomic E-state index is 0.102. The van der Waals surface area contributed by atoms with E-state index in [-0.39, 0.29) is 4.90 Å². The van der Waals surface area contributed by atoms with E-state index in [2.05, 4.69) is 4.72 Å². The highest BCUT2D eigenvalue weighted by atomic mass is 32.2. The molecule has 2 rings (SSSR count). The smallest absolute Gasteiger partial charge is 0.262 e. The molecule has 24 heavy (non-hydrogen) atoms. The van der Waals surface area contributed by atoms with E-state index in [0.717, 1.165) is 0 Å². The van der Waals surface area contributed by atoms with Crippen LogP contribution in [-0.4, -0.2) is 28.7 Å². The van der Waals surface area contributed by atoms with E-state index in [1.807, 2.05) is 13.8 Å². The number of ether oxygens (including phenoxy) is 3. The molecule has 0 saturated heterocycles. The molecule has 6 nitrogen and oxygen atoms in total. The van der Waals surface area contributed by atoms with Crippen LogP contribution >= 0.6 is 0 Å². The quantitative estimate of drug-likeness (QED) is 0.790. The number of benzene rings is 2. The highest BCUT2D eigenvalue weighted by Gasteiger charge is 2.17. The van der Waals surface area contributed by atoms with Crippen LogP contribution in [0.2, 0.25) is 0 Å². The third-order valence-electron chi connectivity index (χ3n) is 3.17. The van der Waals surface area contributed by atoms with E-state index in [1.165, 1.54) is 12.1 Å². The van der Waals surface area contributed by atoms with Gasteiger partial charge in [-0.05, 0) is 50.2 Å². The van der Waals surface area contributed by atoms with Gasteiger partial charge in [0.1, 0.15) is 5.75 Å². The van der Waals surface area contributed by atoms with Gasteiger partial charge in [0, 0.05) is 11.8 Å². The Morgan fingerprint density at radius 1 is 0.917 bits per heavy atom. The van der Waals surface area contributed by atoms with Gasteiger partial charge in [-0.1, -0.05) is 0 Å². The Morgan fingerprint density at radius 3 is 2.12 bits per heavy atom. The molecule has 0 amide bonds. The molecule has 0 fully saturated rings. The van der Waals surface area contributed by atoms with Crippen LogP contribution in [0.5, 0.6) is 17.2 Å². The van der Waals surface area contributed by atoms with Crippen LogP contribution < -0.4 is 18.9 Å². The summed E-state index contributed by atoms with van der Waals surface area (Å²) in [6, 6.07) is 11.2. The Labute approximate surface area is 142 Å². The number of hydrogen-bond acceptors (Lipinski definition) is 5. The number of rotatable bonds is 8. The molecule has 0 heterocycles. The fraction of sp³-hybridized carbons (Fsp3) is 0.294. The topological polar surface area (TPSA) is 73.9 Å². The molecule has 0 saturated carbocycles. The van der Waals surface area contributed by atoms with Crippen molar-refractivity contribution < 1.29 is 22.6 Å². The average molecular weight is 351 g/mol. The van der Waals surface area contributed by atoms with Crippen molar-refractivity contribution in [2.45, 2.75) is 18.7 Å². The molecule has 0 radical (unpaired) electrons.